The zero-order chi connectivity index (χ0) is 15.5. The monoisotopic (exact) mass is 296 g/mol. The summed E-state index contributed by atoms with van der Waals surface area (Å²) in [4.78, 5) is 25.1. The third kappa shape index (κ3) is 3.76. The lowest BCUT2D eigenvalue weighted by Crippen LogP contribution is -2.61. The fourth-order valence-electron chi connectivity index (χ4n) is 3.71. The number of likely N-dealkylation sites (tertiary alicyclic amines) is 2. The molecule has 2 aliphatic rings. The summed E-state index contributed by atoms with van der Waals surface area (Å²) >= 11 is 0. The van der Waals surface area contributed by atoms with Crippen molar-refractivity contribution in [3.8, 4) is 0 Å². The van der Waals surface area contributed by atoms with Gasteiger partial charge in [-0.1, -0.05) is 0 Å². The molecule has 0 aliphatic carbocycles. The van der Waals surface area contributed by atoms with Crippen LogP contribution in [0.15, 0.2) is 0 Å². The summed E-state index contributed by atoms with van der Waals surface area (Å²) in [5.41, 5.74) is 0. The quantitative estimate of drug-likeness (QED) is 0.773. The third-order valence-electron chi connectivity index (χ3n) is 5.68. The van der Waals surface area contributed by atoms with Gasteiger partial charge in [0.15, 0.2) is 0 Å². The number of hydrogen-bond acceptors (Lipinski definition) is 2. The van der Waals surface area contributed by atoms with Crippen LogP contribution in [-0.2, 0) is 9.59 Å². The van der Waals surface area contributed by atoms with E-state index in [-0.39, 0.29) is 18.4 Å². The van der Waals surface area contributed by atoms with E-state index in [0.29, 0.717) is 25.0 Å². The van der Waals surface area contributed by atoms with Gasteiger partial charge in [0, 0.05) is 13.0 Å². The van der Waals surface area contributed by atoms with E-state index < -0.39 is 0 Å². The molecule has 0 saturated carbocycles. The van der Waals surface area contributed by atoms with E-state index in [9.17, 15) is 9.59 Å². The van der Waals surface area contributed by atoms with Crippen molar-refractivity contribution in [2.24, 2.45) is 0 Å². The van der Waals surface area contributed by atoms with E-state index in [1.807, 2.05) is 0 Å². The highest BCUT2D eigenvalue weighted by Gasteiger charge is 2.37. The summed E-state index contributed by atoms with van der Waals surface area (Å²) in [6, 6.07) is 1.32. The van der Waals surface area contributed by atoms with Gasteiger partial charge in [0.2, 0.25) is 11.8 Å². The van der Waals surface area contributed by atoms with E-state index in [4.69, 9.17) is 0 Å². The highest BCUT2D eigenvalue weighted by atomic mass is 16.2. The van der Waals surface area contributed by atoms with E-state index in [2.05, 4.69) is 26.2 Å². The number of amides is 2. The Labute approximate surface area is 128 Å². The molecule has 2 saturated heterocycles. The molecule has 0 aromatic rings. The fourth-order valence-corrected chi connectivity index (χ4v) is 3.71. The molecular weight excluding hydrogens is 266 g/mol. The van der Waals surface area contributed by atoms with Gasteiger partial charge in [0.1, 0.15) is 0 Å². The molecule has 21 heavy (non-hydrogen) atoms. The van der Waals surface area contributed by atoms with Gasteiger partial charge in [-0.25, -0.2) is 0 Å². The summed E-state index contributed by atoms with van der Waals surface area (Å²) in [6.07, 6.45) is 5.35. The number of carbonyl (C=O) groups excluding carboxylic acids is 2. The number of quaternary nitrogens is 1. The molecule has 2 aliphatic heterocycles. The topological polar surface area (TPSA) is 49.4 Å². The number of likely N-dealkylation sites (N-methyl/N-ethyl adjacent to an activating group) is 1. The van der Waals surface area contributed by atoms with Gasteiger partial charge >= 0.3 is 0 Å². The molecule has 0 bridgehead atoms. The Bertz CT molecular complexity index is 387. The van der Waals surface area contributed by atoms with Gasteiger partial charge in [0.05, 0.1) is 38.8 Å². The first-order valence-corrected chi connectivity index (χ1v) is 8.33. The van der Waals surface area contributed by atoms with Crippen molar-refractivity contribution in [3.05, 3.63) is 0 Å². The molecule has 1 N–H and O–H groups in total. The van der Waals surface area contributed by atoms with Crippen LogP contribution < -0.4 is 5.32 Å². The second-order valence-corrected chi connectivity index (χ2v) is 6.97. The lowest BCUT2D eigenvalue weighted by atomic mass is 9.94. The predicted molar refractivity (Wildman–Crippen MR) is 82.7 cm³/mol. The minimum atomic E-state index is -0.0193. The molecule has 5 heteroatoms. The summed E-state index contributed by atoms with van der Waals surface area (Å²) in [7, 11) is 2.31. The minimum absolute atomic E-state index is 0.0193. The van der Waals surface area contributed by atoms with Crippen LogP contribution in [0.4, 0.5) is 0 Å². The Kier molecular flexibility index (Phi) is 5.25. The first kappa shape index (κ1) is 16.3. The van der Waals surface area contributed by atoms with E-state index in [1.54, 1.807) is 4.90 Å². The Morgan fingerprint density at radius 1 is 1.29 bits per heavy atom. The van der Waals surface area contributed by atoms with Crippen molar-refractivity contribution >= 4 is 11.8 Å². The van der Waals surface area contributed by atoms with Gasteiger partial charge in [-0.05, 0) is 39.5 Å². The van der Waals surface area contributed by atoms with Crippen LogP contribution >= 0.6 is 0 Å². The van der Waals surface area contributed by atoms with Crippen molar-refractivity contribution in [2.75, 3.05) is 33.2 Å². The maximum atomic E-state index is 11.9. The van der Waals surface area contributed by atoms with Gasteiger partial charge < -0.3 is 14.7 Å². The van der Waals surface area contributed by atoms with Crippen LogP contribution in [0.3, 0.4) is 0 Å². The van der Waals surface area contributed by atoms with Gasteiger partial charge in [-0.2, -0.15) is 0 Å². The molecule has 0 aromatic heterocycles. The summed E-state index contributed by atoms with van der Waals surface area (Å²) in [5, 5.41) is 3.00. The minimum Gasteiger partial charge on any atom is -0.349 e. The molecule has 5 nitrogen and oxygen atoms in total. The highest BCUT2D eigenvalue weighted by molar-refractivity contribution is 5.85. The molecule has 2 fully saturated rings. The predicted octanol–water partition coefficient (Wildman–Crippen LogP) is 1.13. The molecule has 2 amide bonds. The lowest BCUT2D eigenvalue weighted by molar-refractivity contribution is -0.956. The molecule has 2 atom stereocenters. The van der Waals surface area contributed by atoms with E-state index in [1.165, 1.54) is 19.3 Å². The maximum Gasteiger partial charge on any atom is 0.239 e. The molecular formula is C16H30N3O2+. The third-order valence-corrected chi connectivity index (χ3v) is 5.68. The van der Waals surface area contributed by atoms with Crippen LogP contribution in [-0.4, -0.2) is 66.5 Å². The smallest absolute Gasteiger partial charge is 0.239 e. The van der Waals surface area contributed by atoms with Crippen LogP contribution in [0.5, 0.6) is 0 Å². The zero-order valence-electron chi connectivity index (χ0n) is 13.7. The Balaban J connectivity index is 1.75. The largest absolute Gasteiger partial charge is 0.349 e. The normalized spacial score (nSPS) is 33.3. The number of nitrogens with one attached hydrogen (secondary N) is 1. The van der Waals surface area contributed by atoms with E-state index in [0.717, 1.165) is 24.0 Å². The van der Waals surface area contributed by atoms with Gasteiger partial charge in [0.25, 0.3) is 0 Å². The molecule has 0 spiro atoms. The van der Waals surface area contributed by atoms with Crippen molar-refractivity contribution in [2.45, 2.75) is 58.0 Å². The van der Waals surface area contributed by atoms with Crippen molar-refractivity contribution in [1.82, 2.24) is 10.2 Å². The van der Waals surface area contributed by atoms with Crippen molar-refractivity contribution in [1.29, 1.82) is 0 Å². The van der Waals surface area contributed by atoms with Crippen molar-refractivity contribution < 1.29 is 14.1 Å². The van der Waals surface area contributed by atoms with Crippen LogP contribution in [0, 0.1) is 0 Å². The number of nitrogens with zero attached hydrogens (tertiary/aromatic N) is 2. The van der Waals surface area contributed by atoms with Crippen LogP contribution in [0.1, 0.15) is 46.0 Å². The summed E-state index contributed by atoms with van der Waals surface area (Å²) < 4.78 is 1.04. The summed E-state index contributed by atoms with van der Waals surface area (Å²) in [5.74, 6) is 0.0941. The highest BCUT2D eigenvalue weighted by Crippen LogP contribution is 2.28. The van der Waals surface area contributed by atoms with Crippen LogP contribution in [0.25, 0.3) is 0 Å². The zero-order valence-corrected chi connectivity index (χ0v) is 13.7. The SMILES string of the molecule is CC1CCCC(C)[N+]1(C)CCNC(=O)CN1CCCC1=O. The Morgan fingerprint density at radius 3 is 2.52 bits per heavy atom. The molecule has 2 heterocycles. The summed E-state index contributed by atoms with van der Waals surface area (Å²) in [6.45, 7) is 7.27. The van der Waals surface area contributed by atoms with E-state index >= 15 is 0 Å². The number of hydrogen-bond donors (Lipinski definition) is 1. The first-order chi connectivity index (χ1) is 9.93. The Morgan fingerprint density at radius 2 is 1.95 bits per heavy atom. The second kappa shape index (κ2) is 6.77. The second-order valence-electron chi connectivity index (χ2n) is 6.97. The van der Waals surface area contributed by atoms with Gasteiger partial charge in [-0.3, -0.25) is 9.59 Å². The standard InChI is InChI=1S/C16H29N3O2/c1-13-6-4-7-14(2)19(13,3)11-9-17-15(20)12-18-10-5-8-16(18)21/h13-14H,4-12H2,1-3H3/p+1. The number of piperidine rings is 1. The van der Waals surface area contributed by atoms with Crippen LogP contribution in [0.2, 0.25) is 0 Å². The fraction of sp³-hybridized carbons (Fsp3) is 0.875. The molecule has 0 radical (unpaired) electrons. The molecule has 0 aromatic carbocycles. The number of rotatable bonds is 5. The first-order valence-electron chi connectivity index (χ1n) is 8.33. The number of carbonyl (C=O) groups is 2. The van der Waals surface area contributed by atoms with Crippen molar-refractivity contribution in [3.63, 3.8) is 0 Å². The van der Waals surface area contributed by atoms with Gasteiger partial charge in [-0.15, -0.1) is 0 Å². The average Bonchev–Trinajstić information content (AvgIpc) is 2.82. The average molecular weight is 296 g/mol. The molecule has 2 unspecified atom stereocenters. The molecule has 120 valence electrons. The maximum absolute atomic E-state index is 11.9. The lowest BCUT2D eigenvalue weighted by Gasteiger charge is -2.48. The Hall–Kier alpha value is -1.10. The molecule has 2 rings (SSSR count).